The lowest BCUT2D eigenvalue weighted by Crippen LogP contribution is -2.27. The van der Waals surface area contributed by atoms with Gasteiger partial charge in [-0.05, 0) is 104 Å². The van der Waals surface area contributed by atoms with Crippen LogP contribution in [0.1, 0.15) is 70.4 Å². The molecule has 0 spiro atoms. The van der Waals surface area contributed by atoms with Gasteiger partial charge in [-0.3, -0.25) is 0 Å². The van der Waals surface area contributed by atoms with Crippen molar-refractivity contribution in [3.63, 3.8) is 0 Å². The van der Waals surface area contributed by atoms with Crippen molar-refractivity contribution in [2.75, 3.05) is 26.4 Å². The maximum atomic E-state index is 13.1. The summed E-state index contributed by atoms with van der Waals surface area (Å²) in [7, 11) is 0. The molecule has 62 heavy (non-hydrogen) atoms. The van der Waals surface area contributed by atoms with Gasteiger partial charge in [0.15, 0.2) is 0 Å². The first-order valence-electron chi connectivity index (χ1n) is 21.4. The predicted octanol–water partition coefficient (Wildman–Crippen LogP) is 9.38. The topological polar surface area (TPSA) is 155 Å². The van der Waals surface area contributed by atoms with E-state index in [9.17, 15) is 24.6 Å². The van der Waals surface area contributed by atoms with Crippen molar-refractivity contribution < 1.29 is 42.8 Å². The average molecular weight is 845 g/mol. The van der Waals surface area contributed by atoms with E-state index in [0.29, 0.717) is 91.3 Å². The molecule has 11 nitrogen and oxygen atoms in total. The molecule has 2 heterocycles. The first kappa shape index (κ1) is 45.5. The van der Waals surface area contributed by atoms with Gasteiger partial charge in [-0.2, -0.15) is 0 Å². The number of hydrogen-bond acceptors (Lipinski definition) is 11. The van der Waals surface area contributed by atoms with Crippen LogP contribution in [0.5, 0.6) is 11.5 Å². The lowest BCUT2D eigenvalue weighted by molar-refractivity contribution is -0.139. The van der Waals surface area contributed by atoms with Crippen LogP contribution in [0.2, 0.25) is 0 Å². The zero-order valence-electron chi connectivity index (χ0n) is 35.7. The van der Waals surface area contributed by atoms with Crippen molar-refractivity contribution in [2.24, 2.45) is 0 Å². The van der Waals surface area contributed by atoms with Crippen LogP contribution in [-0.4, -0.2) is 60.9 Å². The van der Waals surface area contributed by atoms with Gasteiger partial charge in [0.2, 0.25) is 0 Å². The molecule has 0 bridgehead atoms. The first-order chi connectivity index (χ1) is 30.0. The highest BCUT2D eigenvalue weighted by Gasteiger charge is 2.18. The van der Waals surface area contributed by atoms with Crippen LogP contribution in [0.15, 0.2) is 128 Å². The maximum Gasteiger partial charge on any atom is 0.344 e. The number of esters is 1. The van der Waals surface area contributed by atoms with E-state index < -0.39 is 29.4 Å². The highest BCUT2D eigenvalue weighted by Crippen LogP contribution is 2.29. The van der Waals surface area contributed by atoms with Gasteiger partial charge in [0.25, 0.3) is 0 Å². The quantitative estimate of drug-likeness (QED) is 0.0274. The smallest absolute Gasteiger partial charge is 0.344 e. The molecule has 6 aromatic rings. The Morgan fingerprint density at radius 3 is 1.55 bits per heavy atom. The number of rotatable bonds is 23. The van der Waals surface area contributed by atoms with Gasteiger partial charge < -0.3 is 38.0 Å². The van der Waals surface area contributed by atoms with Crippen molar-refractivity contribution in [1.29, 1.82) is 0 Å². The second-order valence-electron chi connectivity index (χ2n) is 15.4. The molecule has 0 radical (unpaired) electrons. The number of fused-ring (bicyclic) bond motifs is 2. The van der Waals surface area contributed by atoms with Gasteiger partial charge >= 0.3 is 17.2 Å². The lowest BCUT2D eigenvalue weighted by atomic mass is 9.98. The largest absolute Gasteiger partial charge is 0.493 e. The Morgan fingerprint density at radius 1 is 0.613 bits per heavy atom. The molecule has 2 unspecified atom stereocenters. The molecule has 11 heteroatoms. The Balaban J connectivity index is 1.07. The minimum absolute atomic E-state index is 0.135. The molecule has 0 saturated carbocycles. The molecule has 0 amide bonds. The lowest BCUT2D eigenvalue weighted by Gasteiger charge is -2.21. The number of carbonyl (C=O) groups is 1. The van der Waals surface area contributed by atoms with Crippen molar-refractivity contribution in [3.8, 4) is 33.8 Å². The summed E-state index contributed by atoms with van der Waals surface area (Å²) in [6.45, 7) is 10.3. The highest BCUT2D eigenvalue weighted by atomic mass is 16.5. The molecule has 2 atom stereocenters. The normalized spacial score (nSPS) is 12.4. The molecular formula is C51H56O11. The van der Waals surface area contributed by atoms with Crippen LogP contribution < -0.4 is 20.7 Å². The standard InChI is InChI=1S/C51H56O11/c1-5-34-13-7-9-15-41(34)43-29-36-19-21-39(31-47(36)61-50(43)55)58-27-23-38(57-25-11-17-45(52)46(53)18-12-26-60-49(54)33(3)4)24-28-59-40-22-20-37-30-44(51(56)62-48(37)32-40)42-16-10-8-14-35(42)6-2/h7-10,13-16,19-22,29-32,38,45-46,52-53H,3,5-6,11-12,17-18,23-28H2,1-2,4H3. The third-order valence-electron chi connectivity index (χ3n) is 10.9. The minimum atomic E-state index is -0.966. The van der Waals surface area contributed by atoms with Gasteiger partial charge in [-0.1, -0.05) is 69.0 Å². The van der Waals surface area contributed by atoms with Crippen LogP contribution in [-0.2, 0) is 27.1 Å². The van der Waals surface area contributed by atoms with Gasteiger partial charge in [-0.25, -0.2) is 14.4 Å². The third kappa shape index (κ3) is 12.1. The summed E-state index contributed by atoms with van der Waals surface area (Å²) < 4.78 is 35.1. The number of aliphatic hydroxyl groups is 2. The average Bonchev–Trinajstić information content (AvgIpc) is 3.28. The number of hydrogen-bond donors (Lipinski definition) is 2. The fourth-order valence-corrected chi connectivity index (χ4v) is 7.36. The molecular weight excluding hydrogens is 789 g/mol. The SMILES string of the molecule is C=C(C)C(=O)OCCCC(O)C(O)CCCOC(CCOc1ccc2cc(-c3ccccc3CC)c(=O)oc2c1)CCOc1ccc2cc(-c3ccccc3CC)c(=O)oc2c1. The molecule has 2 N–H and O–H groups in total. The molecule has 326 valence electrons. The fourth-order valence-electron chi connectivity index (χ4n) is 7.36. The molecule has 4 aromatic carbocycles. The Labute approximate surface area is 361 Å². The number of benzene rings is 4. The highest BCUT2D eigenvalue weighted by molar-refractivity contribution is 5.87. The zero-order chi connectivity index (χ0) is 44.0. The van der Waals surface area contributed by atoms with E-state index in [1.54, 1.807) is 19.1 Å². The van der Waals surface area contributed by atoms with E-state index in [-0.39, 0.29) is 19.1 Å². The summed E-state index contributed by atoms with van der Waals surface area (Å²) in [5.41, 5.74) is 5.22. The number of carbonyl (C=O) groups excluding carboxylic acids is 1. The van der Waals surface area contributed by atoms with Crippen LogP contribution in [0.25, 0.3) is 44.2 Å². The monoisotopic (exact) mass is 844 g/mol. The molecule has 0 aliphatic rings. The van der Waals surface area contributed by atoms with Crippen LogP contribution >= 0.6 is 0 Å². The Morgan fingerprint density at radius 2 is 1.08 bits per heavy atom. The number of ether oxygens (including phenoxy) is 4. The molecule has 0 aliphatic heterocycles. The maximum absolute atomic E-state index is 13.1. The van der Waals surface area contributed by atoms with E-state index in [0.717, 1.165) is 45.9 Å². The summed E-state index contributed by atoms with van der Waals surface area (Å²) in [5.74, 6) is 0.607. The van der Waals surface area contributed by atoms with Crippen LogP contribution in [0.3, 0.4) is 0 Å². The van der Waals surface area contributed by atoms with E-state index >= 15 is 0 Å². The van der Waals surface area contributed by atoms with Crippen LogP contribution in [0, 0.1) is 0 Å². The Bertz CT molecular complexity index is 2420. The molecule has 0 fully saturated rings. The van der Waals surface area contributed by atoms with E-state index in [2.05, 4.69) is 20.4 Å². The van der Waals surface area contributed by atoms with Gasteiger partial charge in [0.05, 0.1) is 49.3 Å². The van der Waals surface area contributed by atoms with E-state index in [1.807, 2.05) is 84.9 Å². The van der Waals surface area contributed by atoms with E-state index in [4.69, 9.17) is 27.8 Å². The molecule has 0 saturated heterocycles. The summed E-state index contributed by atoms with van der Waals surface area (Å²) in [5, 5.41) is 22.6. The van der Waals surface area contributed by atoms with Gasteiger partial charge in [0.1, 0.15) is 22.7 Å². The minimum Gasteiger partial charge on any atom is -0.493 e. The van der Waals surface area contributed by atoms with Crippen molar-refractivity contribution in [3.05, 3.63) is 141 Å². The van der Waals surface area contributed by atoms with E-state index in [1.165, 1.54) is 0 Å². The summed E-state index contributed by atoms with van der Waals surface area (Å²) in [4.78, 5) is 37.8. The zero-order valence-corrected chi connectivity index (χ0v) is 35.7. The summed E-state index contributed by atoms with van der Waals surface area (Å²) in [6, 6.07) is 30.2. The van der Waals surface area contributed by atoms with Crippen molar-refractivity contribution in [2.45, 2.75) is 90.4 Å². The van der Waals surface area contributed by atoms with Gasteiger partial charge in [0, 0.05) is 47.9 Å². The summed E-state index contributed by atoms with van der Waals surface area (Å²) >= 11 is 0. The second-order valence-corrected chi connectivity index (χ2v) is 15.4. The van der Waals surface area contributed by atoms with Crippen molar-refractivity contribution >= 4 is 27.9 Å². The first-order valence-corrected chi connectivity index (χ1v) is 21.4. The molecule has 0 aliphatic carbocycles. The molecule has 2 aromatic heterocycles. The second kappa shape index (κ2) is 22.2. The molecule has 6 rings (SSSR count). The van der Waals surface area contributed by atoms with Crippen molar-refractivity contribution in [1.82, 2.24) is 0 Å². The van der Waals surface area contributed by atoms with Crippen LogP contribution in [0.4, 0.5) is 0 Å². The fraction of sp³-hybridized carbons (Fsp3) is 0.353. The number of aliphatic hydroxyl groups excluding tert-OH is 2. The predicted molar refractivity (Wildman–Crippen MR) is 241 cm³/mol. The number of aryl methyl sites for hydroxylation is 2. The Kier molecular flexibility index (Phi) is 16.3. The van der Waals surface area contributed by atoms with Gasteiger partial charge in [-0.15, -0.1) is 0 Å². The third-order valence-corrected chi connectivity index (χ3v) is 10.9. The summed E-state index contributed by atoms with van der Waals surface area (Å²) in [6.07, 6.45) is 1.85. The Hall–Kier alpha value is -6.01.